The first-order chi connectivity index (χ1) is 11.5. The Morgan fingerprint density at radius 3 is 2.08 bits per heavy atom. The van der Waals surface area contributed by atoms with Gasteiger partial charge in [0.05, 0.1) is 0 Å². The molecule has 1 aromatic carbocycles. The molecular formula is C18H28N2O4. The second-order valence-corrected chi connectivity index (χ2v) is 5.97. The summed E-state index contributed by atoms with van der Waals surface area (Å²) in [5, 5.41) is 18.9. The van der Waals surface area contributed by atoms with Crippen LogP contribution in [-0.4, -0.2) is 28.6 Å². The van der Waals surface area contributed by atoms with Gasteiger partial charge in [0.15, 0.2) is 11.5 Å². The average molecular weight is 336 g/mol. The lowest BCUT2D eigenvalue weighted by molar-refractivity contribution is -0.135. The number of anilines is 1. The van der Waals surface area contributed by atoms with Crippen molar-refractivity contribution < 1.29 is 19.8 Å². The molecule has 134 valence electrons. The van der Waals surface area contributed by atoms with Crippen molar-refractivity contribution in [2.75, 3.05) is 11.4 Å². The molecule has 6 nitrogen and oxygen atoms in total. The number of unbranched alkanes of at least 4 members (excludes halogenated alkanes) is 7. The first kappa shape index (κ1) is 19.8. The van der Waals surface area contributed by atoms with Crippen LogP contribution < -0.4 is 10.6 Å². The summed E-state index contributed by atoms with van der Waals surface area (Å²) in [7, 11) is 0. The SMILES string of the molecule is CCCCCCCCCCN(C(=O)C(N)=O)c1ccc(O)c(O)c1. The monoisotopic (exact) mass is 336 g/mol. The Bertz CT molecular complexity index is 546. The predicted molar refractivity (Wildman–Crippen MR) is 93.9 cm³/mol. The Morgan fingerprint density at radius 1 is 0.958 bits per heavy atom. The standard InChI is InChI=1S/C18H28N2O4/c1-2-3-4-5-6-7-8-9-12-20(18(24)17(19)23)14-10-11-15(21)16(22)13-14/h10-11,13,21-22H,2-9,12H2,1H3,(H2,19,23). The lowest BCUT2D eigenvalue weighted by Gasteiger charge is -2.21. The number of rotatable bonds is 10. The van der Waals surface area contributed by atoms with E-state index in [2.05, 4.69) is 6.92 Å². The van der Waals surface area contributed by atoms with Gasteiger partial charge in [0.1, 0.15) is 0 Å². The quantitative estimate of drug-likeness (QED) is 0.347. The number of nitrogens with two attached hydrogens (primary N) is 1. The minimum absolute atomic E-state index is 0.280. The van der Waals surface area contributed by atoms with Crippen LogP contribution in [0.4, 0.5) is 5.69 Å². The number of carbonyl (C=O) groups excluding carboxylic acids is 2. The van der Waals surface area contributed by atoms with Crippen molar-refractivity contribution in [1.82, 2.24) is 0 Å². The number of aromatic hydroxyl groups is 2. The molecule has 0 aliphatic carbocycles. The zero-order valence-corrected chi connectivity index (χ0v) is 14.3. The van der Waals surface area contributed by atoms with Gasteiger partial charge in [0.2, 0.25) is 0 Å². The van der Waals surface area contributed by atoms with Crippen LogP contribution in [0, 0.1) is 0 Å². The van der Waals surface area contributed by atoms with Crippen LogP contribution in [-0.2, 0) is 9.59 Å². The van der Waals surface area contributed by atoms with Crippen molar-refractivity contribution in [3.05, 3.63) is 18.2 Å². The highest BCUT2D eigenvalue weighted by Gasteiger charge is 2.21. The maximum atomic E-state index is 12.0. The zero-order valence-electron chi connectivity index (χ0n) is 14.3. The van der Waals surface area contributed by atoms with Crippen LogP contribution in [0.15, 0.2) is 18.2 Å². The molecule has 0 fully saturated rings. The van der Waals surface area contributed by atoms with Crippen molar-refractivity contribution in [1.29, 1.82) is 0 Å². The maximum absolute atomic E-state index is 12.0. The molecule has 0 aliphatic heterocycles. The van der Waals surface area contributed by atoms with E-state index in [1.165, 1.54) is 55.2 Å². The highest BCUT2D eigenvalue weighted by Crippen LogP contribution is 2.29. The fourth-order valence-electron chi connectivity index (χ4n) is 2.56. The molecule has 1 aromatic rings. The van der Waals surface area contributed by atoms with Crippen LogP contribution in [0.2, 0.25) is 0 Å². The van der Waals surface area contributed by atoms with Crippen LogP contribution >= 0.6 is 0 Å². The van der Waals surface area contributed by atoms with E-state index in [1.54, 1.807) is 0 Å². The number of phenols is 2. The zero-order chi connectivity index (χ0) is 17.9. The molecule has 0 saturated carbocycles. The number of amides is 2. The third-order valence-corrected chi connectivity index (χ3v) is 3.96. The number of nitrogens with zero attached hydrogens (tertiary/aromatic N) is 1. The first-order valence-corrected chi connectivity index (χ1v) is 8.60. The van der Waals surface area contributed by atoms with Gasteiger partial charge in [-0.2, -0.15) is 0 Å². The van der Waals surface area contributed by atoms with Crippen molar-refractivity contribution in [3.8, 4) is 11.5 Å². The number of carbonyl (C=O) groups is 2. The van der Waals surface area contributed by atoms with E-state index < -0.39 is 11.8 Å². The molecule has 0 radical (unpaired) electrons. The third-order valence-electron chi connectivity index (χ3n) is 3.96. The molecule has 0 aromatic heterocycles. The van der Waals surface area contributed by atoms with Gasteiger partial charge in [-0.25, -0.2) is 0 Å². The second kappa shape index (κ2) is 10.5. The summed E-state index contributed by atoms with van der Waals surface area (Å²) in [5.74, 6) is -2.48. The van der Waals surface area contributed by atoms with Crippen LogP contribution in [0.3, 0.4) is 0 Å². The molecule has 4 N–H and O–H groups in total. The van der Waals surface area contributed by atoms with Crippen molar-refractivity contribution >= 4 is 17.5 Å². The Hall–Kier alpha value is -2.24. The van der Waals surface area contributed by atoms with Gasteiger partial charge in [-0.3, -0.25) is 9.59 Å². The molecule has 1 rings (SSSR count). The largest absolute Gasteiger partial charge is 0.504 e. The maximum Gasteiger partial charge on any atom is 0.316 e. The average Bonchev–Trinajstić information content (AvgIpc) is 2.55. The molecule has 24 heavy (non-hydrogen) atoms. The predicted octanol–water partition coefficient (Wildman–Crippen LogP) is 3.06. The number of hydrogen-bond acceptors (Lipinski definition) is 4. The molecular weight excluding hydrogens is 308 g/mol. The van der Waals surface area contributed by atoms with Gasteiger partial charge in [-0.15, -0.1) is 0 Å². The third kappa shape index (κ3) is 6.48. The van der Waals surface area contributed by atoms with Gasteiger partial charge >= 0.3 is 11.8 Å². The summed E-state index contributed by atoms with van der Waals surface area (Å²) < 4.78 is 0. The highest BCUT2D eigenvalue weighted by atomic mass is 16.3. The smallest absolute Gasteiger partial charge is 0.316 e. The highest BCUT2D eigenvalue weighted by molar-refractivity contribution is 6.39. The van der Waals surface area contributed by atoms with E-state index in [0.29, 0.717) is 12.2 Å². The van der Waals surface area contributed by atoms with Crippen LogP contribution in [0.25, 0.3) is 0 Å². The van der Waals surface area contributed by atoms with E-state index in [-0.39, 0.29) is 11.5 Å². The molecule has 0 saturated heterocycles. The van der Waals surface area contributed by atoms with E-state index >= 15 is 0 Å². The van der Waals surface area contributed by atoms with E-state index in [1.807, 2.05) is 0 Å². The Labute approximate surface area is 143 Å². The van der Waals surface area contributed by atoms with Gasteiger partial charge in [-0.1, -0.05) is 51.9 Å². The summed E-state index contributed by atoms with van der Waals surface area (Å²) in [6.07, 6.45) is 8.94. The Kier molecular flexibility index (Phi) is 8.68. The Morgan fingerprint density at radius 2 is 1.54 bits per heavy atom. The summed E-state index contributed by atoms with van der Waals surface area (Å²) in [6, 6.07) is 4.00. The molecule has 6 heteroatoms. The van der Waals surface area contributed by atoms with Crippen molar-refractivity contribution in [2.45, 2.75) is 58.3 Å². The number of benzene rings is 1. The number of phenolic OH excluding ortho intramolecular Hbond substituents is 2. The van der Waals surface area contributed by atoms with Crippen LogP contribution in [0.5, 0.6) is 11.5 Å². The summed E-state index contributed by atoms with van der Waals surface area (Å²) in [6.45, 7) is 2.53. The summed E-state index contributed by atoms with van der Waals surface area (Å²) >= 11 is 0. The lowest BCUT2D eigenvalue weighted by atomic mass is 10.1. The van der Waals surface area contributed by atoms with E-state index in [0.717, 1.165) is 19.3 Å². The van der Waals surface area contributed by atoms with Gasteiger partial charge in [0, 0.05) is 18.3 Å². The second-order valence-electron chi connectivity index (χ2n) is 5.97. The molecule has 0 atom stereocenters. The van der Waals surface area contributed by atoms with E-state index in [9.17, 15) is 19.8 Å². The Balaban J connectivity index is 2.53. The molecule has 0 spiro atoms. The molecule has 0 unspecified atom stereocenters. The molecule has 2 amide bonds. The first-order valence-electron chi connectivity index (χ1n) is 8.60. The van der Waals surface area contributed by atoms with Crippen molar-refractivity contribution in [2.24, 2.45) is 5.73 Å². The number of primary amides is 1. The lowest BCUT2D eigenvalue weighted by Crippen LogP contribution is -2.41. The van der Waals surface area contributed by atoms with Gasteiger partial charge in [-0.05, 0) is 18.6 Å². The normalized spacial score (nSPS) is 10.5. The molecule has 0 aliphatic rings. The van der Waals surface area contributed by atoms with Crippen molar-refractivity contribution in [3.63, 3.8) is 0 Å². The fraction of sp³-hybridized carbons (Fsp3) is 0.556. The minimum Gasteiger partial charge on any atom is -0.504 e. The van der Waals surface area contributed by atoms with Crippen LogP contribution in [0.1, 0.15) is 58.3 Å². The number of hydrogen-bond donors (Lipinski definition) is 3. The molecule has 0 bridgehead atoms. The van der Waals surface area contributed by atoms with Gasteiger partial charge < -0.3 is 20.8 Å². The van der Waals surface area contributed by atoms with Gasteiger partial charge in [0.25, 0.3) is 0 Å². The minimum atomic E-state index is -1.04. The summed E-state index contributed by atoms with van der Waals surface area (Å²) in [5.41, 5.74) is 5.44. The van der Waals surface area contributed by atoms with E-state index in [4.69, 9.17) is 5.73 Å². The topological polar surface area (TPSA) is 104 Å². The fourth-order valence-corrected chi connectivity index (χ4v) is 2.56. The molecule has 0 heterocycles. The summed E-state index contributed by atoms with van der Waals surface area (Å²) in [4.78, 5) is 24.5.